The van der Waals surface area contributed by atoms with Crippen molar-refractivity contribution in [2.45, 2.75) is 37.7 Å². The van der Waals surface area contributed by atoms with Crippen molar-refractivity contribution >= 4 is 17.7 Å². The van der Waals surface area contributed by atoms with Crippen molar-refractivity contribution in [1.29, 1.82) is 0 Å². The van der Waals surface area contributed by atoms with E-state index in [2.05, 4.69) is 11.8 Å². The summed E-state index contributed by atoms with van der Waals surface area (Å²) in [6.07, 6.45) is 2.23. The van der Waals surface area contributed by atoms with Crippen LogP contribution in [0.5, 0.6) is 0 Å². The van der Waals surface area contributed by atoms with Gasteiger partial charge < -0.3 is 9.47 Å². The number of esters is 1. The molecular formula is C19H27NO3S. The van der Waals surface area contributed by atoms with Crippen molar-refractivity contribution in [3.63, 3.8) is 0 Å². The largest absolute Gasteiger partial charge is 0.453 e. The molecule has 4 rings (SSSR count). The van der Waals surface area contributed by atoms with Gasteiger partial charge in [-0.25, -0.2) is 4.79 Å². The van der Waals surface area contributed by atoms with E-state index in [9.17, 15) is 4.79 Å². The highest BCUT2D eigenvalue weighted by atomic mass is 32.2. The standard InChI is InChI=1S/C19H27NO3S/c1-3-22-15(2)24-14-19(13-20-11-9-17(19)10-12-20)23-18(21)16-7-5-4-6-8-16/h4-8,15,17H,3,9-14H2,1-2H3. The van der Waals surface area contributed by atoms with E-state index in [1.54, 1.807) is 11.8 Å². The fourth-order valence-electron chi connectivity index (χ4n) is 3.79. The summed E-state index contributed by atoms with van der Waals surface area (Å²) in [6.45, 7) is 7.89. The fourth-order valence-corrected chi connectivity index (χ4v) is 4.93. The molecule has 0 radical (unpaired) electrons. The van der Waals surface area contributed by atoms with E-state index in [1.807, 2.05) is 37.3 Å². The van der Waals surface area contributed by atoms with Crippen molar-refractivity contribution in [2.75, 3.05) is 32.0 Å². The molecule has 1 aromatic rings. The van der Waals surface area contributed by atoms with Gasteiger partial charge in [0.1, 0.15) is 11.0 Å². The van der Waals surface area contributed by atoms with Gasteiger partial charge in [-0.3, -0.25) is 4.90 Å². The third-order valence-corrected chi connectivity index (χ3v) is 6.35. The number of fused-ring (bicyclic) bond motifs is 3. The minimum atomic E-state index is -0.389. The van der Waals surface area contributed by atoms with Gasteiger partial charge in [0.2, 0.25) is 0 Å². The molecule has 3 aliphatic heterocycles. The Morgan fingerprint density at radius 1 is 1.33 bits per heavy atom. The molecule has 2 bridgehead atoms. The molecule has 1 aromatic carbocycles. The summed E-state index contributed by atoms with van der Waals surface area (Å²) >= 11 is 1.76. The van der Waals surface area contributed by atoms with Gasteiger partial charge in [0, 0.05) is 24.8 Å². The highest BCUT2D eigenvalue weighted by Crippen LogP contribution is 2.41. The summed E-state index contributed by atoms with van der Waals surface area (Å²) < 4.78 is 11.8. The van der Waals surface area contributed by atoms with Crippen LogP contribution in [0.25, 0.3) is 0 Å². The lowest BCUT2D eigenvalue weighted by molar-refractivity contribution is -0.106. The Kier molecular flexibility index (Phi) is 5.85. The van der Waals surface area contributed by atoms with Crippen LogP contribution >= 0.6 is 11.8 Å². The molecule has 24 heavy (non-hydrogen) atoms. The van der Waals surface area contributed by atoms with Gasteiger partial charge in [0.05, 0.1) is 5.56 Å². The molecule has 0 amide bonds. The Bertz CT molecular complexity index is 545. The zero-order chi connectivity index (χ0) is 17.0. The summed E-state index contributed by atoms with van der Waals surface area (Å²) in [5.41, 5.74) is 0.369. The Morgan fingerprint density at radius 3 is 2.62 bits per heavy atom. The van der Waals surface area contributed by atoms with Crippen molar-refractivity contribution in [2.24, 2.45) is 5.92 Å². The second-order valence-electron chi connectivity index (χ2n) is 6.70. The predicted octanol–water partition coefficient (Wildman–Crippen LogP) is 3.42. The normalized spacial score (nSPS) is 30.1. The fraction of sp³-hybridized carbons (Fsp3) is 0.632. The van der Waals surface area contributed by atoms with Gasteiger partial charge in [0.15, 0.2) is 0 Å². The minimum Gasteiger partial charge on any atom is -0.453 e. The number of thioether (sulfide) groups is 1. The van der Waals surface area contributed by atoms with E-state index in [0.29, 0.717) is 18.1 Å². The van der Waals surface area contributed by atoms with Crippen molar-refractivity contribution in [3.8, 4) is 0 Å². The van der Waals surface area contributed by atoms with E-state index in [1.165, 1.54) is 0 Å². The molecule has 2 atom stereocenters. The third kappa shape index (κ3) is 3.95. The first-order valence-corrected chi connectivity index (χ1v) is 9.92. The highest BCUT2D eigenvalue weighted by Gasteiger charge is 2.49. The van der Waals surface area contributed by atoms with E-state index < -0.39 is 0 Å². The van der Waals surface area contributed by atoms with Crippen molar-refractivity contribution in [3.05, 3.63) is 35.9 Å². The Balaban J connectivity index is 1.74. The van der Waals surface area contributed by atoms with Crippen LogP contribution < -0.4 is 0 Å². The summed E-state index contributed by atoms with van der Waals surface area (Å²) in [5, 5.41) is 0. The zero-order valence-corrected chi connectivity index (χ0v) is 15.4. The number of rotatable bonds is 7. The zero-order valence-electron chi connectivity index (χ0n) is 14.6. The van der Waals surface area contributed by atoms with Gasteiger partial charge in [-0.2, -0.15) is 0 Å². The molecule has 3 aliphatic rings. The molecule has 3 heterocycles. The van der Waals surface area contributed by atoms with Gasteiger partial charge >= 0.3 is 5.97 Å². The Morgan fingerprint density at radius 2 is 2.04 bits per heavy atom. The molecule has 0 spiro atoms. The monoisotopic (exact) mass is 349 g/mol. The van der Waals surface area contributed by atoms with Crippen LogP contribution in [0, 0.1) is 5.92 Å². The third-order valence-electron chi connectivity index (χ3n) is 5.09. The summed E-state index contributed by atoms with van der Waals surface area (Å²) in [4.78, 5) is 15.1. The first-order chi connectivity index (χ1) is 11.6. The van der Waals surface area contributed by atoms with E-state index in [4.69, 9.17) is 9.47 Å². The number of hydrogen-bond donors (Lipinski definition) is 0. The molecular weight excluding hydrogens is 322 g/mol. The summed E-state index contributed by atoms with van der Waals surface area (Å²) in [7, 11) is 0. The topological polar surface area (TPSA) is 38.8 Å². The van der Waals surface area contributed by atoms with E-state index in [-0.39, 0.29) is 17.0 Å². The quantitative estimate of drug-likeness (QED) is 0.557. The SMILES string of the molecule is CCOC(C)SCC1(OC(=O)c2ccccc2)CN2CCC1CC2. The second-order valence-corrected chi connectivity index (χ2v) is 7.99. The van der Waals surface area contributed by atoms with Gasteiger partial charge in [-0.1, -0.05) is 18.2 Å². The summed E-state index contributed by atoms with van der Waals surface area (Å²) in [5.74, 6) is 1.05. The van der Waals surface area contributed by atoms with Crippen LogP contribution in [0.3, 0.4) is 0 Å². The molecule has 0 saturated carbocycles. The van der Waals surface area contributed by atoms with Crippen LogP contribution in [0.2, 0.25) is 0 Å². The molecule has 3 fully saturated rings. The molecule has 0 aliphatic carbocycles. The Labute approximate surface area is 148 Å². The molecule has 0 N–H and O–H groups in total. The number of ether oxygens (including phenoxy) is 2. The number of carbonyl (C=O) groups is 1. The molecule has 4 nitrogen and oxygen atoms in total. The van der Waals surface area contributed by atoms with Crippen molar-refractivity contribution < 1.29 is 14.3 Å². The van der Waals surface area contributed by atoms with E-state index in [0.717, 1.165) is 38.2 Å². The minimum absolute atomic E-state index is 0.123. The maximum Gasteiger partial charge on any atom is 0.338 e. The maximum absolute atomic E-state index is 12.7. The van der Waals surface area contributed by atoms with Crippen LogP contribution in [-0.4, -0.2) is 53.9 Å². The van der Waals surface area contributed by atoms with Crippen LogP contribution in [-0.2, 0) is 9.47 Å². The smallest absolute Gasteiger partial charge is 0.338 e. The van der Waals surface area contributed by atoms with Crippen LogP contribution in [0.4, 0.5) is 0 Å². The molecule has 5 heteroatoms. The lowest BCUT2D eigenvalue weighted by Crippen LogP contribution is -2.62. The van der Waals surface area contributed by atoms with Gasteiger partial charge in [-0.15, -0.1) is 11.8 Å². The first-order valence-electron chi connectivity index (χ1n) is 8.87. The Hall–Kier alpha value is -1.04. The number of carbonyl (C=O) groups excluding carboxylic acids is 1. The maximum atomic E-state index is 12.7. The second kappa shape index (κ2) is 7.89. The number of nitrogens with zero attached hydrogens (tertiary/aromatic N) is 1. The van der Waals surface area contributed by atoms with Crippen LogP contribution in [0.15, 0.2) is 30.3 Å². The van der Waals surface area contributed by atoms with Gasteiger partial charge in [-0.05, 0) is 51.9 Å². The first kappa shape index (κ1) is 17.8. The lowest BCUT2D eigenvalue weighted by Gasteiger charge is -2.52. The number of piperidine rings is 3. The average Bonchev–Trinajstić information content (AvgIpc) is 2.62. The molecule has 2 unspecified atom stereocenters. The molecule has 3 saturated heterocycles. The lowest BCUT2D eigenvalue weighted by atomic mass is 9.76. The molecule has 132 valence electrons. The van der Waals surface area contributed by atoms with Gasteiger partial charge in [0.25, 0.3) is 0 Å². The molecule has 0 aromatic heterocycles. The van der Waals surface area contributed by atoms with E-state index >= 15 is 0 Å². The number of benzene rings is 1. The predicted molar refractivity (Wildman–Crippen MR) is 97.3 cm³/mol. The van der Waals surface area contributed by atoms with Crippen LogP contribution in [0.1, 0.15) is 37.0 Å². The van der Waals surface area contributed by atoms with Crippen molar-refractivity contribution in [1.82, 2.24) is 4.90 Å². The highest BCUT2D eigenvalue weighted by molar-refractivity contribution is 7.99. The summed E-state index contributed by atoms with van der Waals surface area (Å²) in [6, 6.07) is 9.33. The number of hydrogen-bond acceptors (Lipinski definition) is 5. The average molecular weight is 349 g/mol.